The predicted octanol–water partition coefficient (Wildman–Crippen LogP) is 4.13. The first-order valence-corrected chi connectivity index (χ1v) is 9.89. The summed E-state index contributed by atoms with van der Waals surface area (Å²) in [5, 5.41) is 15.1. The molecule has 1 atom stereocenters. The summed E-state index contributed by atoms with van der Waals surface area (Å²) >= 11 is 5.92. The van der Waals surface area contributed by atoms with E-state index in [1.807, 2.05) is 0 Å². The molecule has 0 aliphatic carbocycles. The van der Waals surface area contributed by atoms with Crippen LogP contribution in [0.4, 0.5) is 19.7 Å². The monoisotopic (exact) mass is 445 g/mol. The van der Waals surface area contributed by atoms with Gasteiger partial charge in [0.15, 0.2) is 17.9 Å². The van der Waals surface area contributed by atoms with Crippen molar-refractivity contribution in [3.63, 3.8) is 0 Å². The largest absolute Gasteiger partial charge is 0.488 e. The Balaban J connectivity index is 1.85. The Morgan fingerprint density at radius 3 is 2.58 bits per heavy atom. The van der Waals surface area contributed by atoms with Gasteiger partial charge in [0.25, 0.3) is 0 Å². The molecule has 0 saturated carbocycles. The molecule has 2 N–H and O–H groups in total. The number of ether oxygens (including phenoxy) is 1. The first-order valence-electron chi connectivity index (χ1n) is 9.51. The third kappa shape index (κ3) is 5.35. The van der Waals surface area contributed by atoms with E-state index in [0.717, 1.165) is 10.5 Å². The molecular weight excluding hydrogens is 425 g/mol. The van der Waals surface area contributed by atoms with Gasteiger partial charge in [-0.15, -0.1) is 0 Å². The predicted molar refractivity (Wildman–Crippen MR) is 113 cm³/mol. The second-order valence-electron chi connectivity index (χ2n) is 7.09. The highest BCUT2D eigenvalue weighted by Gasteiger charge is 2.38. The second-order valence-corrected chi connectivity index (χ2v) is 7.53. The topological polar surface area (TPSA) is 97.7 Å². The van der Waals surface area contributed by atoms with E-state index < -0.39 is 30.7 Å². The molecule has 1 heterocycles. The molecule has 3 rings (SSSR count). The third-order valence-electron chi connectivity index (χ3n) is 4.39. The Morgan fingerprint density at radius 2 is 1.97 bits per heavy atom. The van der Waals surface area contributed by atoms with Crippen molar-refractivity contribution < 1.29 is 18.7 Å². The lowest BCUT2D eigenvalue weighted by Gasteiger charge is -2.40. The van der Waals surface area contributed by atoms with Crippen LogP contribution in [0.3, 0.4) is 0 Å². The van der Waals surface area contributed by atoms with E-state index in [4.69, 9.17) is 21.6 Å². The highest BCUT2D eigenvalue weighted by molar-refractivity contribution is 6.30. The summed E-state index contributed by atoms with van der Waals surface area (Å²) in [6.45, 7) is 3.30. The van der Waals surface area contributed by atoms with Crippen LogP contribution in [0, 0.1) is 17.1 Å². The van der Waals surface area contributed by atoms with Crippen molar-refractivity contribution >= 4 is 29.4 Å². The number of carbonyl (C=O) groups is 2. The maximum Gasteiger partial charge on any atom is 0.332 e. The molecule has 2 aromatic carbocycles. The van der Waals surface area contributed by atoms with Crippen LogP contribution in [0.5, 0.6) is 5.75 Å². The Bertz CT molecular complexity index is 1010. The van der Waals surface area contributed by atoms with Gasteiger partial charge in [-0.25, -0.2) is 18.9 Å². The summed E-state index contributed by atoms with van der Waals surface area (Å²) in [7, 11) is 0. The zero-order valence-electron chi connectivity index (χ0n) is 16.9. The van der Waals surface area contributed by atoms with Crippen LogP contribution >= 0.6 is 11.6 Å². The van der Waals surface area contributed by atoms with Gasteiger partial charge in [0.2, 0.25) is 0 Å². The van der Waals surface area contributed by atoms with E-state index in [1.54, 1.807) is 50.2 Å². The zero-order chi connectivity index (χ0) is 22.5. The quantitative estimate of drug-likeness (QED) is 0.624. The summed E-state index contributed by atoms with van der Waals surface area (Å²) < 4.78 is 19.8. The van der Waals surface area contributed by atoms with E-state index in [-0.39, 0.29) is 18.4 Å². The first-order chi connectivity index (χ1) is 14.8. The van der Waals surface area contributed by atoms with Gasteiger partial charge in [-0.05, 0) is 43.7 Å². The van der Waals surface area contributed by atoms with Gasteiger partial charge in [0.1, 0.15) is 6.54 Å². The number of hydrogen-bond acceptors (Lipinski definition) is 5. The molecule has 0 radical (unpaired) electrons. The van der Waals surface area contributed by atoms with Gasteiger partial charge in [-0.1, -0.05) is 23.7 Å². The number of hydrogen-bond donors (Lipinski definition) is 2. The Labute approximate surface area is 184 Å². The zero-order valence-corrected chi connectivity index (χ0v) is 17.7. The van der Waals surface area contributed by atoms with Crippen LogP contribution in [0.15, 0.2) is 42.5 Å². The first kappa shape index (κ1) is 22.2. The van der Waals surface area contributed by atoms with E-state index in [1.165, 1.54) is 17.0 Å². The molecule has 162 valence electrons. The normalized spacial score (nSPS) is 16.2. The molecule has 1 fully saturated rings. The molecule has 1 aliphatic rings. The number of carbonyl (C=O) groups excluding carboxylic acids is 2. The van der Waals surface area contributed by atoms with E-state index in [9.17, 15) is 14.0 Å². The van der Waals surface area contributed by atoms with Crippen molar-refractivity contribution in [3.05, 3.63) is 58.9 Å². The van der Waals surface area contributed by atoms with Crippen molar-refractivity contribution in [2.24, 2.45) is 0 Å². The van der Waals surface area contributed by atoms with Crippen LogP contribution in [0.1, 0.15) is 19.4 Å². The number of urea groups is 2. The smallest absolute Gasteiger partial charge is 0.332 e. The minimum atomic E-state index is -0.970. The number of nitrogens with one attached hydrogen (secondary N) is 2. The molecule has 1 saturated heterocycles. The van der Waals surface area contributed by atoms with Crippen molar-refractivity contribution in [3.8, 4) is 11.8 Å². The third-order valence-corrected chi connectivity index (χ3v) is 4.64. The molecule has 8 nitrogen and oxygen atoms in total. The molecule has 1 aliphatic heterocycles. The van der Waals surface area contributed by atoms with Crippen LogP contribution in [0.2, 0.25) is 5.02 Å². The minimum Gasteiger partial charge on any atom is -0.488 e. The van der Waals surface area contributed by atoms with Gasteiger partial charge >= 0.3 is 12.1 Å². The lowest BCUT2D eigenvalue weighted by molar-refractivity contribution is 0.110. The molecular formula is C21H21ClFN5O3. The highest BCUT2D eigenvalue weighted by atomic mass is 35.5. The molecule has 4 amide bonds. The van der Waals surface area contributed by atoms with Crippen molar-refractivity contribution in [2.45, 2.75) is 32.8 Å². The van der Waals surface area contributed by atoms with Crippen LogP contribution in [-0.4, -0.2) is 40.8 Å². The van der Waals surface area contributed by atoms with Crippen LogP contribution < -0.4 is 15.4 Å². The standard InChI is InChI=1S/C21H21ClFN5O3/c1-13(2)31-18-8-7-16(11-17(18)23)25-19-26-20(29)27(10-9-24)21(30)28(19)12-14-3-5-15(22)6-4-14/h3-8,11,13,19,25H,10,12H2,1-2H3,(H,26,29). The van der Waals surface area contributed by atoms with Gasteiger partial charge in [0, 0.05) is 16.8 Å². The second kappa shape index (κ2) is 9.53. The maximum absolute atomic E-state index is 14.4. The van der Waals surface area contributed by atoms with Gasteiger partial charge in [-0.3, -0.25) is 10.2 Å². The Morgan fingerprint density at radius 1 is 1.26 bits per heavy atom. The fourth-order valence-corrected chi connectivity index (χ4v) is 3.12. The van der Waals surface area contributed by atoms with Gasteiger partial charge in [0.05, 0.1) is 18.7 Å². The molecule has 1 unspecified atom stereocenters. The minimum absolute atomic E-state index is 0.0996. The van der Waals surface area contributed by atoms with Gasteiger partial charge < -0.3 is 10.1 Å². The van der Waals surface area contributed by atoms with Crippen LogP contribution in [-0.2, 0) is 6.54 Å². The molecule has 0 aromatic heterocycles. The lowest BCUT2D eigenvalue weighted by atomic mass is 10.2. The van der Waals surface area contributed by atoms with E-state index >= 15 is 0 Å². The Kier molecular flexibility index (Phi) is 6.82. The molecule has 0 spiro atoms. The lowest BCUT2D eigenvalue weighted by Crippen LogP contribution is -2.66. The average Bonchev–Trinajstić information content (AvgIpc) is 2.71. The van der Waals surface area contributed by atoms with Crippen molar-refractivity contribution in [2.75, 3.05) is 11.9 Å². The number of anilines is 1. The van der Waals surface area contributed by atoms with Crippen molar-refractivity contribution in [1.29, 1.82) is 5.26 Å². The average molecular weight is 446 g/mol. The summed E-state index contributed by atoms with van der Waals surface area (Å²) in [5.41, 5.74) is 1.09. The van der Waals surface area contributed by atoms with E-state index in [0.29, 0.717) is 10.7 Å². The molecule has 31 heavy (non-hydrogen) atoms. The summed E-state index contributed by atoms with van der Waals surface area (Å²) in [4.78, 5) is 27.4. The SMILES string of the molecule is CC(C)Oc1ccc(NC2NC(=O)N(CC#N)C(=O)N2Cc2ccc(Cl)cc2)cc1F. The fourth-order valence-electron chi connectivity index (χ4n) is 2.99. The number of benzene rings is 2. The molecule has 2 aromatic rings. The molecule has 0 bridgehead atoms. The molecule has 10 heteroatoms. The number of nitriles is 1. The summed E-state index contributed by atoms with van der Waals surface area (Å²) in [6, 6.07) is 11.5. The summed E-state index contributed by atoms with van der Waals surface area (Å²) in [5.74, 6) is -0.481. The number of rotatable bonds is 7. The fraction of sp³-hybridized carbons (Fsp3) is 0.286. The number of nitrogens with zero attached hydrogens (tertiary/aromatic N) is 3. The maximum atomic E-state index is 14.4. The van der Waals surface area contributed by atoms with Gasteiger partial charge in [-0.2, -0.15) is 5.26 Å². The number of imide groups is 1. The number of halogens is 2. The number of amides is 4. The van der Waals surface area contributed by atoms with Crippen LogP contribution in [0.25, 0.3) is 0 Å². The highest BCUT2D eigenvalue weighted by Crippen LogP contribution is 2.24. The van der Waals surface area contributed by atoms with E-state index in [2.05, 4.69) is 10.6 Å². The summed E-state index contributed by atoms with van der Waals surface area (Å²) in [6.07, 6.45) is -1.16. The van der Waals surface area contributed by atoms with Crippen molar-refractivity contribution in [1.82, 2.24) is 15.1 Å². The Hall–Kier alpha value is -3.51.